The van der Waals surface area contributed by atoms with Crippen molar-refractivity contribution < 1.29 is 14.6 Å². The summed E-state index contributed by atoms with van der Waals surface area (Å²) in [6.45, 7) is 3.05. The van der Waals surface area contributed by atoms with Crippen LogP contribution in [0.3, 0.4) is 0 Å². The van der Waals surface area contributed by atoms with E-state index in [2.05, 4.69) is 5.32 Å². The third kappa shape index (κ3) is 3.75. The molecule has 0 unspecified atom stereocenters. The van der Waals surface area contributed by atoms with Crippen molar-refractivity contribution in [3.05, 3.63) is 59.7 Å². The zero-order valence-electron chi connectivity index (χ0n) is 11.3. The molecule has 0 fully saturated rings. The van der Waals surface area contributed by atoms with Crippen molar-refractivity contribution in [2.24, 2.45) is 0 Å². The number of para-hydroxylation sites is 1. The van der Waals surface area contributed by atoms with Crippen LogP contribution < -0.4 is 10.1 Å². The number of aryl methyl sites for hydroxylation is 1. The molecule has 0 aliphatic heterocycles. The van der Waals surface area contributed by atoms with Gasteiger partial charge in [-0.25, -0.2) is 4.79 Å². The number of hydrogen-bond donors (Lipinski definition) is 2. The Labute approximate surface area is 118 Å². The fourth-order valence-corrected chi connectivity index (χ4v) is 1.80. The Morgan fingerprint density at radius 1 is 1.15 bits per heavy atom. The first-order valence-electron chi connectivity index (χ1n) is 6.42. The Morgan fingerprint density at radius 3 is 2.55 bits per heavy atom. The van der Waals surface area contributed by atoms with E-state index < -0.39 is 5.97 Å². The van der Waals surface area contributed by atoms with E-state index in [0.717, 1.165) is 5.69 Å². The minimum atomic E-state index is -0.980. The molecule has 0 bridgehead atoms. The Hall–Kier alpha value is -2.49. The highest BCUT2D eigenvalue weighted by molar-refractivity contribution is 5.90. The number of carboxylic acid groups (broad SMARTS) is 1. The number of nitrogens with one attached hydrogen (secondary N) is 1. The number of ether oxygens (including phenoxy) is 1. The molecule has 4 nitrogen and oxygen atoms in total. The van der Waals surface area contributed by atoms with Crippen LogP contribution in [0.25, 0.3) is 0 Å². The van der Waals surface area contributed by atoms with Crippen molar-refractivity contribution in [2.75, 3.05) is 18.5 Å². The molecule has 2 rings (SSSR count). The van der Waals surface area contributed by atoms with Crippen LogP contribution in [0.15, 0.2) is 48.5 Å². The molecule has 2 N–H and O–H groups in total. The lowest BCUT2D eigenvalue weighted by molar-refractivity contribution is 0.0692. The summed E-state index contributed by atoms with van der Waals surface area (Å²) in [6, 6.07) is 14.7. The molecular formula is C16H17NO3. The molecule has 0 spiro atoms. The summed E-state index contributed by atoms with van der Waals surface area (Å²) < 4.78 is 5.50. The van der Waals surface area contributed by atoms with Crippen molar-refractivity contribution in [3.63, 3.8) is 0 Å². The largest absolute Gasteiger partial charge is 0.491 e. The second-order valence-corrected chi connectivity index (χ2v) is 4.44. The third-order valence-corrected chi connectivity index (χ3v) is 2.86. The van der Waals surface area contributed by atoms with Gasteiger partial charge in [-0.1, -0.05) is 29.8 Å². The standard InChI is InChI=1S/C16H17NO3/c1-12-6-8-13(9-7-12)17-10-11-20-15-5-3-2-4-14(15)16(18)19/h2-9,17H,10-11H2,1H3,(H,18,19). The fourth-order valence-electron chi connectivity index (χ4n) is 1.80. The summed E-state index contributed by atoms with van der Waals surface area (Å²) >= 11 is 0. The molecule has 4 heteroatoms. The Kier molecular flexibility index (Phi) is 4.60. The maximum Gasteiger partial charge on any atom is 0.339 e. The molecule has 0 saturated heterocycles. The van der Waals surface area contributed by atoms with Crippen molar-refractivity contribution in [3.8, 4) is 5.75 Å². The number of anilines is 1. The number of aromatic carboxylic acids is 1. The summed E-state index contributed by atoms with van der Waals surface area (Å²) in [6.07, 6.45) is 0. The summed E-state index contributed by atoms with van der Waals surface area (Å²) in [7, 11) is 0. The lowest BCUT2D eigenvalue weighted by atomic mass is 10.2. The first-order chi connectivity index (χ1) is 9.66. The summed E-state index contributed by atoms with van der Waals surface area (Å²) in [4.78, 5) is 11.0. The van der Waals surface area contributed by atoms with Gasteiger partial charge in [0.05, 0.1) is 0 Å². The van der Waals surface area contributed by atoms with E-state index in [0.29, 0.717) is 18.9 Å². The first-order valence-corrected chi connectivity index (χ1v) is 6.42. The maximum absolute atomic E-state index is 11.0. The minimum Gasteiger partial charge on any atom is -0.491 e. The van der Waals surface area contributed by atoms with Gasteiger partial charge in [0.15, 0.2) is 0 Å². The normalized spacial score (nSPS) is 10.1. The Morgan fingerprint density at radius 2 is 1.85 bits per heavy atom. The van der Waals surface area contributed by atoms with E-state index in [4.69, 9.17) is 9.84 Å². The summed E-state index contributed by atoms with van der Waals surface area (Å²) in [5, 5.41) is 12.2. The highest BCUT2D eigenvalue weighted by Gasteiger charge is 2.09. The number of hydrogen-bond acceptors (Lipinski definition) is 3. The minimum absolute atomic E-state index is 0.183. The first kappa shape index (κ1) is 13.9. The van der Waals surface area contributed by atoms with Gasteiger partial charge in [0, 0.05) is 12.2 Å². The van der Waals surface area contributed by atoms with E-state index in [1.54, 1.807) is 18.2 Å². The molecule has 104 valence electrons. The smallest absolute Gasteiger partial charge is 0.339 e. The van der Waals surface area contributed by atoms with Crippen LogP contribution in [0, 0.1) is 6.92 Å². The lowest BCUT2D eigenvalue weighted by Crippen LogP contribution is -2.13. The Bertz CT molecular complexity index is 579. The summed E-state index contributed by atoms with van der Waals surface area (Å²) in [5.74, 6) is -0.585. The highest BCUT2D eigenvalue weighted by Crippen LogP contribution is 2.17. The van der Waals surface area contributed by atoms with E-state index in [1.165, 1.54) is 11.6 Å². The number of benzene rings is 2. The van der Waals surface area contributed by atoms with Crippen LogP contribution in [-0.4, -0.2) is 24.2 Å². The van der Waals surface area contributed by atoms with Gasteiger partial charge < -0.3 is 15.2 Å². The van der Waals surface area contributed by atoms with E-state index >= 15 is 0 Å². The van der Waals surface area contributed by atoms with Gasteiger partial charge in [-0.3, -0.25) is 0 Å². The predicted molar refractivity (Wildman–Crippen MR) is 78.6 cm³/mol. The van der Waals surface area contributed by atoms with Gasteiger partial charge in [-0.2, -0.15) is 0 Å². The van der Waals surface area contributed by atoms with Gasteiger partial charge in [0.1, 0.15) is 17.9 Å². The molecule has 0 amide bonds. The fraction of sp³-hybridized carbons (Fsp3) is 0.188. The van der Waals surface area contributed by atoms with Crippen LogP contribution in [0.2, 0.25) is 0 Å². The quantitative estimate of drug-likeness (QED) is 0.792. The van der Waals surface area contributed by atoms with Gasteiger partial charge >= 0.3 is 5.97 Å². The topological polar surface area (TPSA) is 58.6 Å². The SMILES string of the molecule is Cc1ccc(NCCOc2ccccc2C(=O)O)cc1. The van der Waals surface area contributed by atoms with Crippen molar-refractivity contribution in [1.29, 1.82) is 0 Å². The number of carboxylic acids is 1. The predicted octanol–water partition coefficient (Wildman–Crippen LogP) is 3.18. The van der Waals surface area contributed by atoms with Crippen LogP contribution in [0.5, 0.6) is 5.75 Å². The average Bonchev–Trinajstić information content (AvgIpc) is 2.46. The molecule has 0 atom stereocenters. The molecule has 0 aromatic heterocycles. The lowest BCUT2D eigenvalue weighted by Gasteiger charge is -2.10. The molecule has 20 heavy (non-hydrogen) atoms. The highest BCUT2D eigenvalue weighted by atomic mass is 16.5. The monoisotopic (exact) mass is 271 g/mol. The number of carbonyl (C=O) groups is 1. The molecule has 0 heterocycles. The third-order valence-electron chi connectivity index (χ3n) is 2.86. The van der Waals surface area contributed by atoms with Crippen molar-refractivity contribution in [1.82, 2.24) is 0 Å². The second kappa shape index (κ2) is 6.61. The molecule has 2 aromatic rings. The molecule has 2 aromatic carbocycles. The van der Waals surface area contributed by atoms with Crippen molar-refractivity contribution >= 4 is 11.7 Å². The van der Waals surface area contributed by atoms with E-state index in [-0.39, 0.29) is 5.56 Å². The maximum atomic E-state index is 11.0. The average molecular weight is 271 g/mol. The molecular weight excluding hydrogens is 254 g/mol. The molecule has 0 radical (unpaired) electrons. The van der Waals surface area contributed by atoms with Crippen LogP contribution in [0.4, 0.5) is 5.69 Å². The van der Waals surface area contributed by atoms with Crippen LogP contribution in [-0.2, 0) is 0 Å². The molecule has 0 aliphatic rings. The molecule has 0 saturated carbocycles. The zero-order chi connectivity index (χ0) is 14.4. The van der Waals surface area contributed by atoms with Gasteiger partial charge in [0.2, 0.25) is 0 Å². The summed E-state index contributed by atoms with van der Waals surface area (Å²) in [5.41, 5.74) is 2.41. The van der Waals surface area contributed by atoms with Gasteiger partial charge in [-0.05, 0) is 31.2 Å². The van der Waals surface area contributed by atoms with Crippen molar-refractivity contribution in [2.45, 2.75) is 6.92 Å². The zero-order valence-corrected chi connectivity index (χ0v) is 11.3. The van der Waals surface area contributed by atoms with Crippen LogP contribution in [0.1, 0.15) is 15.9 Å². The van der Waals surface area contributed by atoms with E-state index in [9.17, 15) is 4.79 Å². The van der Waals surface area contributed by atoms with Crippen LogP contribution >= 0.6 is 0 Å². The molecule has 0 aliphatic carbocycles. The van der Waals surface area contributed by atoms with Gasteiger partial charge in [0.25, 0.3) is 0 Å². The van der Waals surface area contributed by atoms with Gasteiger partial charge in [-0.15, -0.1) is 0 Å². The number of rotatable bonds is 6. The second-order valence-electron chi connectivity index (χ2n) is 4.44. The van der Waals surface area contributed by atoms with E-state index in [1.807, 2.05) is 31.2 Å². The Balaban J connectivity index is 1.84.